The zero-order valence-corrected chi connectivity index (χ0v) is 14.8. The number of nitrogens with zero attached hydrogens (tertiary/aromatic N) is 5. The van der Waals surface area contributed by atoms with Crippen molar-refractivity contribution in [3.05, 3.63) is 18.1 Å². The van der Waals surface area contributed by atoms with Crippen LogP contribution in [0, 0.1) is 12.3 Å². The molecule has 126 valence electrons. The van der Waals surface area contributed by atoms with E-state index in [1.54, 1.807) is 6.33 Å². The molecule has 0 amide bonds. The fraction of sp³-hybridized carbons (Fsp3) is 0.706. The number of hydrogen-bond donors (Lipinski definition) is 0. The molecule has 0 aromatic carbocycles. The maximum atomic E-state index is 6.01. The summed E-state index contributed by atoms with van der Waals surface area (Å²) in [7, 11) is 2.16. The summed E-state index contributed by atoms with van der Waals surface area (Å²) in [6.45, 7) is 9.42. The molecule has 1 aliphatic carbocycles. The van der Waals surface area contributed by atoms with Crippen molar-refractivity contribution in [2.45, 2.75) is 59.1 Å². The number of rotatable bonds is 6. The first-order chi connectivity index (χ1) is 11.1. The van der Waals surface area contributed by atoms with Gasteiger partial charge in [-0.15, -0.1) is 0 Å². The van der Waals surface area contributed by atoms with Crippen molar-refractivity contribution >= 4 is 11.6 Å². The number of fused-ring (bicyclic) bond motifs is 1. The lowest BCUT2D eigenvalue weighted by Crippen LogP contribution is -2.64. The molecule has 2 heterocycles. The minimum absolute atomic E-state index is 0.203. The summed E-state index contributed by atoms with van der Waals surface area (Å²) in [6.07, 6.45) is 5.21. The van der Waals surface area contributed by atoms with Gasteiger partial charge in [0.2, 0.25) is 0 Å². The highest BCUT2D eigenvalue weighted by Gasteiger charge is 2.55. The first kappa shape index (κ1) is 16.2. The standard InChI is InChI=1S/C17H27N5O/c1-6-17(7-2)13(10-14(17)23-8-3)21(5)15-9-12(4)20-16-18-11-19-22(15)16/h9,11,13-14H,6-8,10H2,1-5H3/t13-,14+/m1/s1. The molecule has 2 aromatic heterocycles. The van der Waals surface area contributed by atoms with E-state index in [0.717, 1.165) is 37.4 Å². The van der Waals surface area contributed by atoms with Crippen LogP contribution in [0.2, 0.25) is 0 Å². The van der Waals surface area contributed by atoms with Crippen LogP contribution < -0.4 is 4.90 Å². The van der Waals surface area contributed by atoms with Gasteiger partial charge in [0.25, 0.3) is 5.78 Å². The molecule has 0 aliphatic heterocycles. The summed E-state index contributed by atoms with van der Waals surface area (Å²) in [5.74, 6) is 1.71. The SMILES string of the molecule is CCO[C@H]1C[C@@H](N(C)c2cc(C)nc3ncnn23)C1(CC)CC. The maximum absolute atomic E-state index is 6.01. The second kappa shape index (κ2) is 6.07. The molecule has 0 N–H and O–H groups in total. The normalized spacial score (nSPS) is 23.0. The van der Waals surface area contributed by atoms with Gasteiger partial charge in [-0.25, -0.2) is 4.98 Å². The molecule has 0 spiro atoms. The van der Waals surface area contributed by atoms with E-state index in [0.29, 0.717) is 17.9 Å². The molecular weight excluding hydrogens is 290 g/mol. The first-order valence-electron chi connectivity index (χ1n) is 8.59. The predicted molar refractivity (Wildman–Crippen MR) is 90.8 cm³/mol. The Labute approximate surface area is 137 Å². The summed E-state index contributed by atoms with van der Waals surface area (Å²) >= 11 is 0. The zero-order valence-electron chi connectivity index (χ0n) is 14.8. The topological polar surface area (TPSA) is 55.5 Å². The van der Waals surface area contributed by atoms with Gasteiger partial charge in [-0.2, -0.15) is 14.6 Å². The van der Waals surface area contributed by atoms with Gasteiger partial charge in [-0.3, -0.25) is 0 Å². The van der Waals surface area contributed by atoms with Crippen LogP contribution in [-0.4, -0.2) is 45.4 Å². The summed E-state index contributed by atoms with van der Waals surface area (Å²) in [5, 5.41) is 4.35. The average Bonchev–Trinajstić information content (AvgIpc) is 2.99. The van der Waals surface area contributed by atoms with Crippen molar-refractivity contribution in [3.8, 4) is 0 Å². The fourth-order valence-corrected chi connectivity index (χ4v) is 4.20. The molecule has 1 fully saturated rings. The molecular formula is C17H27N5O. The number of aromatic nitrogens is 4. The summed E-state index contributed by atoms with van der Waals surface area (Å²) in [4.78, 5) is 11.0. The molecule has 3 rings (SSSR count). The van der Waals surface area contributed by atoms with E-state index < -0.39 is 0 Å². The molecule has 0 radical (unpaired) electrons. The van der Waals surface area contributed by atoms with Gasteiger partial charge in [0.15, 0.2) is 0 Å². The quantitative estimate of drug-likeness (QED) is 0.820. The third-order valence-corrected chi connectivity index (χ3v) is 5.62. The lowest BCUT2D eigenvalue weighted by atomic mass is 9.58. The third-order valence-electron chi connectivity index (χ3n) is 5.62. The van der Waals surface area contributed by atoms with Gasteiger partial charge >= 0.3 is 0 Å². The van der Waals surface area contributed by atoms with Crippen molar-refractivity contribution in [3.63, 3.8) is 0 Å². The van der Waals surface area contributed by atoms with Crippen LogP contribution in [0.4, 0.5) is 5.82 Å². The van der Waals surface area contributed by atoms with Gasteiger partial charge in [0, 0.05) is 36.9 Å². The molecule has 0 saturated heterocycles. The number of ether oxygens (including phenoxy) is 1. The minimum Gasteiger partial charge on any atom is -0.378 e. The molecule has 2 atom stereocenters. The van der Waals surface area contributed by atoms with Gasteiger partial charge in [-0.05, 0) is 33.1 Å². The van der Waals surface area contributed by atoms with Gasteiger partial charge in [0.1, 0.15) is 12.1 Å². The number of hydrogen-bond acceptors (Lipinski definition) is 5. The van der Waals surface area contributed by atoms with Crippen LogP contribution in [0.3, 0.4) is 0 Å². The van der Waals surface area contributed by atoms with E-state index in [1.807, 2.05) is 11.4 Å². The summed E-state index contributed by atoms with van der Waals surface area (Å²) < 4.78 is 7.84. The van der Waals surface area contributed by atoms with E-state index in [9.17, 15) is 0 Å². The molecule has 2 aromatic rings. The highest BCUT2D eigenvalue weighted by Crippen LogP contribution is 2.51. The molecule has 23 heavy (non-hydrogen) atoms. The summed E-state index contributed by atoms with van der Waals surface area (Å²) in [6, 6.07) is 2.54. The smallest absolute Gasteiger partial charge is 0.254 e. The van der Waals surface area contributed by atoms with Crippen LogP contribution in [0.15, 0.2) is 12.4 Å². The van der Waals surface area contributed by atoms with Crippen molar-refractivity contribution in [1.29, 1.82) is 0 Å². The fourth-order valence-electron chi connectivity index (χ4n) is 4.20. The van der Waals surface area contributed by atoms with Crippen LogP contribution >= 0.6 is 0 Å². The Morgan fingerprint density at radius 3 is 2.74 bits per heavy atom. The zero-order chi connectivity index (χ0) is 16.6. The number of aryl methyl sites for hydroxylation is 1. The Bertz CT molecular complexity index is 679. The maximum Gasteiger partial charge on any atom is 0.254 e. The van der Waals surface area contributed by atoms with Crippen LogP contribution in [0.1, 0.15) is 45.7 Å². The minimum atomic E-state index is 0.203. The second-order valence-corrected chi connectivity index (χ2v) is 6.47. The number of anilines is 1. The second-order valence-electron chi connectivity index (χ2n) is 6.47. The van der Waals surface area contributed by atoms with Crippen molar-refractivity contribution < 1.29 is 4.74 Å². The van der Waals surface area contributed by atoms with E-state index >= 15 is 0 Å². The molecule has 0 bridgehead atoms. The molecule has 1 saturated carbocycles. The van der Waals surface area contributed by atoms with Crippen LogP contribution in [0.25, 0.3) is 5.78 Å². The highest BCUT2D eigenvalue weighted by atomic mass is 16.5. The largest absolute Gasteiger partial charge is 0.378 e. The Balaban J connectivity index is 1.96. The molecule has 1 aliphatic rings. The Kier molecular flexibility index (Phi) is 4.27. The van der Waals surface area contributed by atoms with Gasteiger partial charge in [-0.1, -0.05) is 13.8 Å². The van der Waals surface area contributed by atoms with Gasteiger partial charge < -0.3 is 9.64 Å². The monoisotopic (exact) mass is 317 g/mol. The van der Waals surface area contributed by atoms with E-state index in [-0.39, 0.29) is 5.41 Å². The molecule has 6 heteroatoms. The highest BCUT2D eigenvalue weighted by molar-refractivity contribution is 5.48. The van der Waals surface area contributed by atoms with E-state index in [1.165, 1.54) is 0 Å². The lowest BCUT2D eigenvalue weighted by Gasteiger charge is -2.58. The third kappa shape index (κ3) is 2.40. The Morgan fingerprint density at radius 2 is 2.09 bits per heavy atom. The van der Waals surface area contributed by atoms with E-state index in [4.69, 9.17) is 4.74 Å². The van der Waals surface area contributed by atoms with Crippen molar-refractivity contribution in [2.24, 2.45) is 5.41 Å². The van der Waals surface area contributed by atoms with Crippen LogP contribution in [-0.2, 0) is 4.74 Å². The summed E-state index contributed by atoms with van der Waals surface area (Å²) in [5.41, 5.74) is 1.17. The van der Waals surface area contributed by atoms with Gasteiger partial charge in [0.05, 0.1) is 6.10 Å². The van der Waals surface area contributed by atoms with E-state index in [2.05, 4.69) is 53.9 Å². The Hall–Kier alpha value is -1.69. The Morgan fingerprint density at radius 1 is 1.35 bits per heavy atom. The lowest BCUT2D eigenvalue weighted by molar-refractivity contribution is -0.128. The first-order valence-corrected chi connectivity index (χ1v) is 8.59. The van der Waals surface area contributed by atoms with Crippen molar-refractivity contribution in [2.75, 3.05) is 18.6 Å². The molecule has 0 unspecified atom stereocenters. The van der Waals surface area contributed by atoms with Crippen LogP contribution in [0.5, 0.6) is 0 Å². The van der Waals surface area contributed by atoms with Crippen molar-refractivity contribution in [1.82, 2.24) is 19.6 Å². The molecule has 6 nitrogen and oxygen atoms in total. The predicted octanol–water partition coefficient (Wildman–Crippen LogP) is 2.85. The average molecular weight is 317 g/mol.